The fourth-order valence-corrected chi connectivity index (χ4v) is 4.72. The van der Waals surface area contributed by atoms with E-state index >= 15 is 0 Å². The summed E-state index contributed by atoms with van der Waals surface area (Å²) in [6.07, 6.45) is 3.57. The quantitative estimate of drug-likeness (QED) is 0.730. The molecule has 1 aromatic heterocycles. The molecule has 1 aromatic carbocycles. The lowest BCUT2D eigenvalue weighted by Crippen LogP contribution is -2.17. The Balaban J connectivity index is 1.94. The monoisotopic (exact) mass is 387 g/mol. The zero-order valence-corrected chi connectivity index (χ0v) is 16.8. The molecule has 6 heteroatoms. The van der Waals surface area contributed by atoms with Gasteiger partial charge in [-0.15, -0.1) is 11.3 Å². The molecular weight excluding hydrogens is 362 g/mol. The van der Waals surface area contributed by atoms with Crippen molar-refractivity contribution >= 4 is 28.2 Å². The maximum absolute atomic E-state index is 12.8. The van der Waals surface area contributed by atoms with Crippen molar-refractivity contribution in [1.29, 1.82) is 0 Å². The Kier molecular flexibility index (Phi) is 6.16. The van der Waals surface area contributed by atoms with E-state index in [2.05, 4.69) is 12.2 Å². The third-order valence-electron chi connectivity index (χ3n) is 4.73. The number of rotatable bonds is 6. The molecule has 1 amide bonds. The number of hydrogen-bond donors (Lipinski definition) is 1. The van der Waals surface area contributed by atoms with E-state index in [9.17, 15) is 9.59 Å². The minimum atomic E-state index is -0.348. The number of para-hydroxylation sites is 1. The Hall–Kier alpha value is -2.34. The molecule has 5 nitrogen and oxygen atoms in total. The topological polar surface area (TPSA) is 64.6 Å². The molecule has 3 rings (SSSR count). The molecule has 1 aliphatic rings. The second-order valence-corrected chi connectivity index (χ2v) is 7.95. The van der Waals surface area contributed by atoms with E-state index in [1.165, 1.54) is 23.3 Å². The second-order valence-electron chi connectivity index (χ2n) is 6.85. The van der Waals surface area contributed by atoms with Crippen molar-refractivity contribution in [2.75, 3.05) is 19.0 Å². The van der Waals surface area contributed by atoms with Gasteiger partial charge in [0.15, 0.2) is 0 Å². The maximum atomic E-state index is 12.8. The maximum Gasteiger partial charge on any atom is 0.341 e. The zero-order valence-electron chi connectivity index (χ0n) is 16.0. The Bertz CT molecular complexity index is 843. The van der Waals surface area contributed by atoms with Crippen LogP contribution < -0.4 is 10.1 Å². The summed E-state index contributed by atoms with van der Waals surface area (Å²) in [4.78, 5) is 26.7. The lowest BCUT2D eigenvalue weighted by atomic mass is 9.88. The third kappa shape index (κ3) is 4.16. The van der Waals surface area contributed by atoms with Gasteiger partial charge in [0.1, 0.15) is 10.8 Å². The highest BCUT2D eigenvalue weighted by molar-refractivity contribution is 7.17. The van der Waals surface area contributed by atoms with Crippen LogP contribution in [0, 0.1) is 5.92 Å². The van der Waals surface area contributed by atoms with Crippen molar-refractivity contribution < 1.29 is 19.1 Å². The summed E-state index contributed by atoms with van der Waals surface area (Å²) in [7, 11) is 1.53. The van der Waals surface area contributed by atoms with E-state index in [-0.39, 0.29) is 11.9 Å². The summed E-state index contributed by atoms with van der Waals surface area (Å²) in [6, 6.07) is 7.05. The molecule has 0 radical (unpaired) electrons. The van der Waals surface area contributed by atoms with Gasteiger partial charge in [0.2, 0.25) is 0 Å². The van der Waals surface area contributed by atoms with Crippen LogP contribution in [0.25, 0.3) is 0 Å². The number of carbonyl (C=O) groups excluding carboxylic acids is 2. The SMILES string of the molecule is CCCOC(=O)c1c(NC(=O)c2ccccc2OC)sc2c1CC[C@@H](C)C2. The molecule has 0 unspecified atom stereocenters. The number of esters is 1. The molecule has 0 fully saturated rings. The molecule has 1 atom stereocenters. The molecule has 2 aromatic rings. The van der Waals surface area contributed by atoms with Crippen LogP contribution in [0.15, 0.2) is 24.3 Å². The van der Waals surface area contributed by atoms with E-state index in [0.29, 0.717) is 34.4 Å². The van der Waals surface area contributed by atoms with Gasteiger partial charge < -0.3 is 14.8 Å². The molecule has 0 aliphatic heterocycles. The minimum Gasteiger partial charge on any atom is -0.496 e. The predicted octanol–water partition coefficient (Wildman–Crippen LogP) is 4.70. The summed E-state index contributed by atoms with van der Waals surface area (Å²) in [5.74, 6) is 0.441. The average Bonchev–Trinajstić information content (AvgIpc) is 3.02. The van der Waals surface area contributed by atoms with Crippen molar-refractivity contribution in [2.24, 2.45) is 5.92 Å². The lowest BCUT2D eigenvalue weighted by Gasteiger charge is -2.18. The van der Waals surface area contributed by atoms with Crippen molar-refractivity contribution in [2.45, 2.75) is 39.5 Å². The summed E-state index contributed by atoms with van der Waals surface area (Å²) in [6.45, 7) is 4.55. The standard InChI is InChI=1S/C21H25NO4S/c1-4-11-26-21(24)18-15-10-9-13(2)12-17(15)27-20(18)22-19(23)14-7-5-6-8-16(14)25-3/h5-8,13H,4,9-12H2,1-3H3,(H,22,23)/t13-/m1/s1. The molecule has 1 aliphatic carbocycles. The summed E-state index contributed by atoms with van der Waals surface area (Å²) < 4.78 is 10.7. The van der Waals surface area contributed by atoms with Gasteiger partial charge >= 0.3 is 5.97 Å². The van der Waals surface area contributed by atoms with Crippen LogP contribution in [0.2, 0.25) is 0 Å². The molecule has 0 saturated heterocycles. The van der Waals surface area contributed by atoms with E-state index in [1.807, 2.05) is 13.0 Å². The Morgan fingerprint density at radius 1 is 1.30 bits per heavy atom. The fourth-order valence-electron chi connectivity index (χ4n) is 3.32. The smallest absolute Gasteiger partial charge is 0.341 e. The first-order valence-electron chi connectivity index (χ1n) is 9.31. The Morgan fingerprint density at radius 3 is 2.81 bits per heavy atom. The van der Waals surface area contributed by atoms with Crippen molar-refractivity contribution in [1.82, 2.24) is 0 Å². The second kappa shape index (κ2) is 8.57. The van der Waals surface area contributed by atoms with E-state index in [4.69, 9.17) is 9.47 Å². The summed E-state index contributed by atoms with van der Waals surface area (Å²) in [5.41, 5.74) is 2.00. The number of nitrogens with one attached hydrogen (secondary N) is 1. The van der Waals surface area contributed by atoms with Gasteiger partial charge in [-0.1, -0.05) is 26.0 Å². The molecule has 0 bridgehead atoms. The highest BCUT2D eigenvalue weighted by Crippen LogP contribution is 2.40. The number of fused-ring (bicyclic) bond motifs is 1. The van der Waals surface area contributed by atoms with Gasteiger partial charge in [-0.3, -0.25) is 4.79 Å². The van der Waals surface area contributed by atoms with E-state index in [1.54, 1.807) is 18.2 Å². The van der Waals surface area contributed by atoms with Crippen LogP contribution in [0.4, 0.5) is 5.00 Å². The molecule has 0 saturated carbocycles. The summed E-state index contributed by atoms with van der Waals surface area (Å²) in [5, 5.41) is 3.50. The van der Waals surface area contributed by atoms with Crippen LogP contribution in [0.5, 0.6) is 5.75 Å². The first-order chi connectivity index (χ1) is 13.0. The molecular formula is C21H25NO4S. The van der Waals surface area contributed by atoms with Gasteiger partial charge in [-0.05, 0) is 49.3 Å². The Morgan fingerprint density at radius 2 is 2.07 bits per heavy atom. The first-order valence-corrected chi connectivity index (χ1v) is 10.1. The number of amides is 1. The zero-order chi connectivity index (χ0) is 19.4. The molecule has 27 heavy (non-hydrogen) atoms. The fraction of sp³-hybridized carbons (Fsp3) is 0.429. The number of thiophene rings is 1. The first kappa shape index (κ1) is 19.4. The minimum absolute atomic E-state index is 0.288. The Labute approximate surface area is 163 Å². The number of anilines is 1. The predicted molar refractivity (Wildman–Crippen MR) is 107 cm³/mol. The molecule has 144 valence electrons. The third-order valence-corrected chi connectivity index (χ3v) is 5.90. The molecule has 1 N–H and O–H groups in total. The number of hydrogen-bond acceptors (Lipinski definition) is 5. The average molecular weight is 388 g/mol. The number of benzene rings is 1. The summed E-state index contributed by atoms with van der Waals surface area (Å²) >= 11 is 1.49. The number of carbonyl (C=O) groups is 2. The number of methoxy groups -OCH3 is 1. The van der Waals surface area contributed by atoms with Crippen molar-refractivity contribution in [3.63, 3.8) is 0 Å². The largest absolute Gasteiger partial charge is 0.496 e. The van der Waals surface area contributed by atoms with Crippen LogP contribution in [-0.4, -0.2) is 25.6 Å². The van der Waals surface area contributed by atoms with Gasteiger partial charge in [0.25, 0.3) is 5.91 Å². The van der Waals surface area contributed by atoms with Crippen LogP contribution >= 0.6 is 11.3 Å². The lowest BCUT2D eigenvalue weighted by molar-refractivity contribution is 0.0505. The normalized spacial score (nSPS) is 15.7. The van der Waals surface area contributed by atoms with Gasteiger partial charge in [-0.2, -0.15) is 0 Å². The number of ether oxygens (including phenoxy) is 2. The molecule has 1 heterocycles. The molecule has 0 spiro atoms. The van der Waals surface area contributed by atoms with Crippen LogP contribution in [-0.2, 0) is 17.6 Å². The van der Waals surface area contributed by atoms with Crippen LogP contribution in [0.1, 0.15) is 57.8 Å². The van der Waals surface area contributed by atoms with Gasteiger partial charge in [0.05, 0.1) is 24.8 Å². The highest BCUT2D eigenvalue weighted by Gasteiger charge is 2.29. The van der Waals surface area contributed by atoms with Crippen LogP contribution in [0.3, 0.4) is 0 Å². The van der Waals surface area contributed by atoms with Gasteiger partial charge in [0, 0.05) is 4.88 Å². The highest BCUT2D eigenvalue weighted by atomic mass is 32.1. The van der Waals surface area contributed by atoms with E-state index < -0.39 is 0 Å². The van der Waals surface area contributed by atoms with Gasteiger partial charge in [-0.25, -0.2) is 4.79 Å². The van der Waals surface area contributed by atoms with E-state index in [0.717, 1.165) is 31.2 Å². The van der Waals surface area contributed by atoms with Crippen molar-refractivity contribution in [3.05, 3.63) is 45.8 Å². The van der Waals surface area contributed by atoms with Crippen molar-refractivity contribution in [3.8, 4) is 5.75 Å².